The second-order valence-electron chi connectivity index (χ2n) is 6.03. The first-order valence-corrected chi connectivity index (χ1v) is 7.73. The number of rotatable bonds is 4. The molecule has 0 aromatic carbocycles. The Kier molecular flexibility index (Phi) is 4.33. The van der Waals surface area contributed by atoms with Crippen molar-refractivity contribution in [1.82, 2.24) is 14.5 Å². The van der Waals surface area contributed by atoms with Crippen molar-refractivity contribution in [1.29, 1.82) is 0 Å². The van der Waals surface area contributed by atoms with E-state index in [-0.39, 0.29) is 12.0 Å². The highest BCUT2D eigenvalue weighted by Gasteiger charge is 2.37. The molecule has 116 valence electrons. The smallest absolute Gasteiger partial charge is 0.299 e. The van der Waals surface area contributed by atoms with E-state index in [0.717, 1.165) is 43.2 Å². The quantitative estimate of drug-likeness (QED) is 0.857. The lowest BCUT2D eigenvalue weighted by molar-refractivity contribution is -0.126. The third kappa shape index (κ3) is 3.00. The number of ketones is 1. The van der Waals surface area contributed by atoms with Crippen LogP contribution in [0.25, 0.3) is 0 Å². The lowest BCUT2D eigenvalue weighted by Gasteiger charge is -2.32. The molecule has 1 aliphatic carbocycles. The molecule has 2 aliphatic rings. The molecule has 0 spiro atoms. The van der Waals surface area contributed by atoms with Crippen LogP contribution in [0.1, 0.15) is 50.9 Å². The van der Waals surface area contributed by atoms with E-state index in [1.807, 2.05) is 0 Å². The van der Waals surface area contributed by atoms with Crippen LogP contribution in [0, 0.1) is 5.92 Å². The lowest BCUT2D eigenvalue weighted by Crippen LogP contribution is -2.40. The third-order valence-corrected chi connectivity index (χ3v) is 4.78. The molecule has 4 nitrogen and oxygen atoms in total. The zero-order valence-electron chi connectivity index (χ0n) is 12.0. The van der Waals surface area contributed by atoms with Crippen LogP contribution in [0.15, 0.2) is 12.4 Å². The summed E-state index contributed by atoms with van der Waals surface area (Å²) < 4.78 is 26.7. The normalized spacial score (nSPS) is 27.7. The maximum Gasteiger partial charge on any atom is 0.319 e. The van der Waals surface area contributed by atoms with Gasteiger partial charge in [0.1, 0.15) is 11.6 Å². The van der Waals surface area contributed by atoms with Gasteiger partial charge in [0.25, 0.3) is 0 Å². The molecule has 0 radical (unpaired) electrons. The topological polar surface area (TPSA) is 38.1 Å². The first kappa shape index (κ1) is 14.6. The maximum atomic E-state index is 12.9. The minimum atomic E-state index is -2.56. The van der Waals surface area contributed by atoms with E-state index in [1.54, 1.807) is 0 Å². The highest BCUT2D eigenvalue weighted by atomic mass is 19.3. The van der Waals surface area contributed by atoms with E-state index in [2.05, 4.69) is 9.88 Å². The van der Waals surface area contributed by atoms with E-state index in [0.29, 0.717) is 24.6 Å². The first-order valence-electron chi connectivity index (χ1n) is 7.73. The fraction of sp³-hybridized carbons (Fsp3) is 0.733. The summed E-state index contributed by atoms with van der Waals surface area (Å²) in [6, 6.07) is 0.209. The van der Waals surface area contributed by atoms with Gasteiger partial charge in [0.2, 0.25) is 0 Å². The Morgan fingerprint density at radius 1 is 1.29 bits per heavy atom. The molecule has 2 fully saturated rings. The predicted molar refractivity (Wildman–Crippen MR) is 73.9 cm³/mol. The van der Waals surface area contributed by atoms with Crippen molar-refractivity contribution in [3.05, 3.63) is 18.2 Å². The number of Topliss-reactive ketones (excluding diaryl/α,β-unsaturated/α-hetero) is 1. The number of nitrogens with zero attached hydrogens (tertiary/aromatic N) is 3. The molecule has 2 unspecified atom stereocenters. The predicted octanol–water partition coefficient (Wildman–Crippen LogP) is 3.00. The van der Waals surface area contributed by atoms with Gasteiger partial charge in [0.05, 0.1) is 6.54 Å². The number of alkyl halides is 2. The summed E-state index contributed by atoms with van der Waals surface area (Å²) in [5, 5.41) is 0. The number of carbonyl (C=O) groups is 1. The van der Waals surface area contributed by atoms with Crippen LogP contribution in [0.3, 0.4) is 0 Å². The number of aromatic nitrogens is 2. The Balaban J connectivity index is 1.72. The maximum absolute atomic E-state index is 12.9. The molecule has 1 saturated heterocycles. The Morgan fingerprint density at radius 2 is 2.14 bits per heavy atom. The van der Waals surface area contributed by atoms with Crippen molar-refractivity contribution < 1.29 is 13.6 Å². The van der Waals surface area contributed by atoms with Crippen LogP contribution in [-0.4, -0.2) is 32.8 Å². The van der Waals surface area contributed by atoms with Crippen LogP contribution in [-0.2, 0) is 11.3 Å². The van der Waals surface area contributed by atoms with Crippen LogP contribution < -0.4 is 0 Å². The van der Waals surface area contributed by atoms with Gasteiger partial charge in [-0.25, -0.2) is 4.98 Å². The highest BCUT2D eigenvalue weighted by molar-refractivity contribution is 5.82. The largest absolute Gasteiger partial charge is 0.319 e. The van der Waals surface area contributed by atoms with Crippen molar-refractivity contribution in [2.75, 3.05) is 6.54 Å². The lowest BCUT2D eigenvalue weighted by atomic mass is 9.82. The number of hydrogen-bond acceptors (Lipinski definition) is 3. The van der Waals surface area contributed by atoms with Crippen LogP contribution in [0.4, 0.5) is 8.78 Å². The second-order valence-corrected chi connectivity index (χ2v) is 6.03. The fourth-order valence-corrected chi connectivity index (χ4v) is 3.75. The van der Waals surface area contributed by atoms with E-state index < -0.39 is 6.55 Å². The average Bonchev–Trinajstić information content (AvgIpc) is 3.09. The second kappa shape index (κ2) is 6.22. The number of imidazole rings is 1. The van der Waals surface area contributed by atoms with Gasteiger partial charge in [0.15, 0.2) is 0 Å². The Labute approximate surface area is 123 Å². The van der Waals surface area contributed by atoms with Gasteiger partial charge in [-0.05, 0) is 32.2 Å². The molecular weight excluding hydrogens is 276 g/mol. The number of likely N-dealkylation sites (tertiary alicyclic amines) is 1. The van der Waals surface area contributed by atoms with Crippen molar-refractivity contribution in [2.45, 2.75) is 57.7 Å². The summed E-state index contributed by atoms with van der Waals surface area (Å²) in [4.78, 5) is 18.4. The van der Waals surface area contributed by atoms with Crippen molar-refractivity contribution in [3.8, 4) is 0 Å². The fourth-order valence-electron chi connectivity index (χ4n) is 3.75. The van der Waals surface area contributed by atoms with Crippen molar-refractivity contribution in [2.24, 2.45) is 5.92 Å². The number of carbonyl (C=O) groups excluding carboxylic acids is 1. The molecule has 21 heavy (non-hydrogen) atoms. The zero-order valence-corrected chi connectivity index (χ0v) is 12.0. The van der Waals surface area contributed by atoms with Gasteiger partial charge in [-0.1, -0.05) is 6.42 Å². The summed E-state index contributed by atoms with van der Waals surface area (Å²) in [6.07, 6.45) is 8.49. The molecule has 1 aliphatic heterocycles. The molecule has 3 rings (SSSR count). The van der Waals surface area contributed by atoms with Gasteiger partial charge in [-0.3, -0.25) is 14.3 Å². The number of halogens is 2. The third-order valence-electron chi connectivity index (χ3n) is 4.78. The molecule has 1 aromatic rings. The first-order chi connectivity index (χ1) is 10.2. The van der Waals surface area contributed by atoms with Gasteiger partial charge >= 0.3 is 6.55 Å². The Morgan fingerprint density at radius 3 is 2.90 bits per heavy atom. The number of hydrogen-bond donors (Lipinski definition) is 0. The summed E-state index contributed by atoms with van der Waals surface area (Å²) in [7, 11) is 0. The van der Waals surface area contributed by atoms with E-state index in [1.165, 1.54) is 12.4 Å². The summed E-state index contributed by atoms with van der Waals surface area (Å²) in [5.74, 6) is 0.840. The highest BCUT2D eigenvalue weighted by Crippen LogP contribution is 2.33. The van der Waals surface area contributed by atoms with Crippen LogP contribution >= 0.6 is 0 Å². The summed E-state index contributed by atoms with van der Waals surface area (Å²) >= 11 is 0. The Hall–Kier alpha value is -1.30. The van der Waals surface area contributed by atoms with Crippen molar-refractivity contribution in [3.63, 3.8) is 0 Å². The molecule has 2 atom stereocenters. The zero-order chi connectivity index (χ0) is 14.8. The molecule has 6 heteroatoms. The summed E-state index contributed by atoms with van der Waals surface area (Å²) in [5.41, 5.74) is 0. The minimum absolute atomic E-state index is 0.0937. The molecule has 0 N–H and O–H groups in total. The van der Waals surface area contributed by atoms with E-state index in [9.17, 15) is 13.6 Å². The monoisotopic (exact) mass is 297 g/mol. The van der Waals surface area contributed by atoms with Gasteiger partial charge in [-0.2, -0.15) is 8.78 Å². The Bertz CT molecular complexity index is 503. The molecule has 1 saturated carbocycles. The molecule has 2 heterocycles. The molecule has 0 amide bonds. The van der Waals surface area contributed by atoms with Crippen molar-refractivity contribution >= 4 is 5.78 Å². The standard InChI is InChI=1S/C15H21F2N3O/c16-15(17)20-9-7-18-14(20)10-19-8-3-5-12(19)11-4-1-2-6-13(11)21/h7,9,11-12,15H,1-6,8,10H2. The minimum Gasteiger partial charge on any atom is -0.299 e. The van der Waals surface area contributed by atoms with Gasteiger partial charge in [0, 0.05) is 30.8 Å². The average molecular weight is 297 g/mol. The molecule has 1 aromatic heterocycles. The van der Waals surface area contributed by atoms with E-state index >= 15 is 0 Å². The van der Waals surface area contributed by atoms with Crippen LogP contribution in [0.2, 0.25) is 0 Å². The van der Waals surface area contributed by atoms with E-state index in [4.69, 9.17) is 0 Å². The van der Waals surface area contributed by atoms with Gasteiger partial charge in [-0.15, -0.1) is 0 Å². The van der Waals surface area contributed by atoms with Gasteiger partial charge < -0.3 is 0 Å². The summed E-state index contributed by atoms with van der Waals surface area (Å²) in [6.45, 7) is -1.28. The SMILES string of the molecule is O=C1CCCCC1C1CCCN1Cc1nccn1C(F)F. The van der Waals surface area contributed by atoms with Crippen LogP contribution in [0.5, 0.6) is 0 Å². The molecular formula is C15H21F2N3O. The molecule has 0 bridgehead atoms.